The average Bonchev–Trinajstić information content (AvgIpc) is 2.76. The van der Waals surface area contributed by atoms with E-state index in [0.717, 1.165) is 18.4 Å². The van der Waals surface area contributed by atoms with E-state index in [1.807, 2.05) is 6.92 Å². The van der Waals surface area contributed by atoms with Gasteiger partial charge in [-0.3, -0.25) is 9.59 Å². The maximum Gasteiger partial charge on any atom is 0.309 e. The standard InChI is InChI=1S/C20H28O5/c1-10-8-20-9-11(10)7-12(21)14(20)18(2)5-4-6-19(3,17(24)25)15(18)13(22)16(20)23/h11,13-16,22-23H,1,4-9H2,2-3H3,(H,24,25)/t11-,13+,14+,15+,16+,18+,19-,20+/m1/s1. The molecule has 0 amide bonds. The van der Waals surface area contributed by atoms with Crippen LogP contribution in [-0.4, -0.2) is 39.3 Å². The minimum absolute atomic E-state index is 0.0974. The summed E-state index contributed by atoms with van der Waals surface area (Å²) in [6, 6.07) is 0. The number of carboxylic acids is 1. The fraction of sp³-hybridized carbons (Fsp3) is 0.800. The Morgan fingerprint density at radius 3 is 2.56 bits per heavy atom. The van der Waals surface area contributed by atoms with Crippen LogP contribution in [0.1, 0.15) is 52.4 Å². The molecular weight excluding hydrogens is 320 g/mol. The van der Waals surface area contributed by atoms with Crippen molar-refractivity contribution in [2.24, 2.45) is 34.0 Å². The molecule has 4 aliphatic carbocycles. The van der Waals surface area contributed by atoms with Gasteiger partial charge in [-0.15, -0.1) is 0 Å². The number of rotatable bonds is 1. The molecule has 5 nitrogen and oxygen atoms in total. The van der Waals surface area contributed by atoms with Gasteiger partial charge in [0.25, 0.3) is 0 Å². The number of aliphatic carboxylic acids is 1. The normalized spacial score (nSPS) is 54.8. The van der Waals surface area contributed by atoms with Crippen molar-refractivity contribution < 1.29 is 24.9 Å². The average molecular weight is 348 g/mol. The van der Waals surface area contributed by atoms with Crippen molar-refractivity contribution in [1.29, 1.82) is 0 Å². The van der Waals surface area contributed by atoms with Crippen LogP contribution in [0.4, 0.5) is 0 Å². The summed E-state index contributed by atoms with van der Waals surface area (Å²) in [6.45, 7) is 7.78. The molecule has 5 heteroatoms. The SMILES string of the molecule is C=C1C[C@]23C[C@H]1CC(=O)[C@H]2[C@]1(C)CCC[C@@](C)(C(=O)O)[C@H]1[C@H](O)[C@@H]3O. The molecule has 8 atom stereocenters. The molecule has 0 unspecified atom stereocenters. The van der Waals surface area contributed by atoms with Crippen molar-refractivity contribution in [2.45, 2.75) is 64.6 Å². The van der Waals surface area contributed by atoms with Gasteiger partial charge in [0.05, 0.1) is 17.6 Å². The molecule has 1 spiro atoms. The molecule has 0 radical (unpaired) electrons. The Kier molecular flexibility index (Phi) is 3.41. The van der Waals surface area contributed by atoms with Gasteiger partial charge in [0.15, 0.2) is 0 Å². The number of carboxylic acid groups (broad SMARTS) is 1. The Balaban J connectivity index is 1.90. The number of fused-ring (bicyclic) bond motifs is 3. The Hall–Kier alpha value is -1.20. The predicted molar refractivity (Wildman–Crippen MR) is 90.6 cm³/mol. The second-order valence-electron chi connectivity index (χ2n) is 9.57. The van der Waals surface area contributed by atoms with E-state index in [0.29, 0.717) is 25.7 Å². The lowest BCUT2D eigenvalue weighted by molar-refractivity contribution is -0.247. The van der Waals surface area contributed by atoms with Crippen molar-refractivity contribution in [3.05, 3.63) is 12.2 Å². The molecule has 0 aliphatic heterocycles. The summed E-state index contributed by atoms with van der Waals surface area (Å²) in [4.78, 5) is 25.2. The van der Waals surface area contributed by atoms with Crippen LogP contribution in [0, 0.1) is 34.0 Å². The summed E-state index contributed by atoms with van der Waals surface area (Å²) in [7, 11) is 0. The van der Waals surface area contributed by atoms with Crippen molar-refractivity contribution in [2.75, 3.05) is 0 Å². The van der Waals surface area contributed by atoms with Gasteiger partial charge in [0.2, 0.25) is 0 Å². The molecular formula is C20H28O5. The summed E-state index contributed by atoms with van der Waals surface area (Å²) in [5.41, 5.74) is -1.39. The molecule has 0 aromatic carbocycles. The van der Waals surface area contributed by atoms with Crippen LogP contribution < -0.4 is 0 Å². The van der Waals surface area contributed by atoms with E-state index in [-0.39, 0.29) is 11.7 Å². The zero-order chi connectivity index (χ0) is 18.4. The van der Waals surface area contributed by atoms with Crippen LogP contribution in [0.5, 0.6) is 0 Å². The van der Waals surface area contributed by atoms with E-state index in [1.54, 1.807) is 6.92 Å². The molecule has 0 aromatic rings. The van der Waals surface area contributed by atoms with E-state index in [2.05, 4.69) is 6.58 Å². The van der Waals surface area contributed by atoms with Crippen molar-refractivity contribution in [1.82, 2.24) is 0 Å². The Morgan fingerprint density at radius 1 is 1.24 bits per heavy atom. The highest BCUT2D eigenvalue weighted by Crippen LogP contribution is 2.71. The van der Waals surface area contributed by atoms with E-state index in [9.17, 15) is 24.9 Å². The molecule has 4 aliphatic rings. The highest BCUT2D eigenvalue weighted by Gasteiger charge is 2.73. The lowest BCUT2D eigenvalue weighted by atomic mass is 9.39. The van der Waals surface area contributed by atoms with Crippen LogP contribution in [0.2, 0.25) is 0 Å². The first-order valence-electron chi connectivity index (χ1n) is 9.38. The van der Waals surface area contributed by atoms with Crippen molar-refractivity contribution >= 4 is 11.8 Å². The molecule has 3 N–H and O–H groups in total. The van der Waals surface area contributed by atoms with E-state index < -0.39 is 46.3 Å². The lowest BCUT2D eigenvalue weighted by Crippen LogP contribution is -2.70. The smallest absolute Gasteiger partial charge is 0.309 e. The maximum atomic E-state index is 13.1. The second-order valence-corrected chi connectivity index (χ2v) is 9.57. The molecule has 25 heavy (non-hydrogen) atoms. The monoisotopic (exact) mass is 348 g/mol. The first-order valence-corrected chi connectivity index (χ1v) is 9.38. The number of aliphatic hydroxyl groups excluding tert-OH is 2. The highest BCUT2D eigenvalue weighted by atomic mass is 16.4. The molecule has 0 saturated heterocycles. The summed E-state index contributed by atoms with van der Waals surface area (Å²) >= 11 is 0. The molecule has 0 aromatic heterocycles. The largest absolute Gasteiger partial charge is 0.481 e. The molecule has 4 rings (SSSR count). The Morgan fingerprint density at radius 2 is 1.92 bits per heavy atom. The molecule has 4 saturated carbocycles. The quantitative estimate of drug-likeness (QED) is 0.631. The fourth-order valence-corrected chi connectivity index (χ4v) is 7.51. The van der Waals surface area contributed by atoms with E-state index in [1.165, 1.54) is 0 Å². The first kappa shape index (κ1) is 17.2. The number of allylic oxidation sites excluding steroid dienone is 1. The third-order valence-corrected chi connectivity index (χ3v) is 8.31. The highest BCUT2D eigenvalue weighted by molar-refractivity contribution is 5.86. The maximum absolute atomic E-state index is 13.1. The third kappa shape index (κ3) is 1.86. The number of hydrogen-bond acceptors (Lipinski definition) is 4. The van der Waals surface area contributed by atoms with Gasteiger partial charge < -0.3 is 15.3 Å². The number of hydrogen-bond donors (Lipinski definition) is 3. The first-order chi connectivity index (χ1) is 11.6. The van der Waals surface area contributed by atoms with Gasteiger partial charge in [0.1, 0.15) is 5.78 Å². The molecule has 4 fully saturated rings. The van der Waals surface area contributed by atoms with Crippen LogP contribution >= 0.6 is 0 Å². The molecule has 2 bridgehead atoms. The third-order valence-electron chi connectivity index (χ3n) is 8.31. The van der Waals surface area contributed by atoms with Gasteiger partial charge >= 0.3 is 5.97 Å². The van der Waals surface area contributed by atoms with E-state index in [4.69, 9.17) is 0 Å². The minimum Gasteiger partial charge on any atom is -0.481 e. The van der Waals surface area contributed by atoms with Gasteiger partial charge in [-0.2, -0.15) is 0 Å². The Bertz CT molecular complexity index is 671. The molecule has 138 valence electrons. The lowest BCUT2D eigenvalue weighted by Gasteiger charge is -2.65. The van der Waals surface area contributed by atoms with Crippen LogP contribution in [0.25, 0.3) is 0 Å². The number of Topliss-reactive ketones (excluding diaryl/α,β-unsaturated/α-hetero) is 1. The van der Waals surface area contributed by atoms with Gasteiger partial charge in [-0.1, -0.05) is 25.5 Å². The van der Waals surface area contributed by atoms with Crippen molar-refractivity contribution in [3.63, 3.8) is 0 Å². The van der Waals surface area contributed by atoms with Crippen LogP contribution in [0.15, 0.2) is 12.2 Å². The van der Waals surface area contributed by atoms with E-state index >= 15 is 0 Å². The minimum atomic E-state index is -1.12. The number of ketones is 1. The summed E-state index contributed by atoms with van der Waals surface area (Å²) in [5.74, 6) is -1.73. The number of carbonyl (C=O) groups is 2. The van der Waals surface area contributed by atoms with Gasteiger partial charge in [0, 0.05) is 23.7 Å². The fourth-order valence-electron chi connectivity index (χ4n) is 7.51. The zero-order valence-corrected chi connectivity index (χ0v) is 15.0. The molecule has 0 heterocycles. The summed E-state index contributed by atoms with van der Waals surface area (Å²) < 4.78 is 0. The topological polar surface area (TPSA) is 94.8 Å². The van der Waals surface area contributed by atoms with Gasteiger partial charge in [-0.05, 0) is 43.9 Å². The summed E-state index contributed by atoms with van der Waals surface area (Å²) in [5, 5.41) is 32.1. The second kappa shape index (κ2) is 4.95. The Labute approximate surface area is 148 Å². The zero-order valence-electron chi connectivity index (χ0n) is 15.0. The van der Waals surface area contributed by atoms with Crippen molar-refractivity contribution in [3.8, 4) is 0 Å². The number of carbonyl (C=O) groups excluding carboxylic acids is 1. The van der Waals surface area contributed by atoms with Gasteiger partial charge in [-0.25, -0.2) is 0 Å². The number of aliphatic hydroxyl groups is 2. The van der Waals surface area contributed by atoms with Crippen LogP contribution in [-0.2, 0) is 9.59 Å². The predicted octanol–water partition coefficient (Wildman–Crippen LogP) is 2.16. The summed E-state index contributed by atoms with van der Waals surface area (Å²) in [6.07, 6.45) is 1.42. The van der Waals surface area contributed by atoms with Crippen LogP contribution in [0.3, 0.4) is 0 Å².